The third-order valence-corrected chi connectivity index (χ3v) is 8.15. The van der Waals surface area contributed by atoms with Gasteiger partial charge in [-0.3, -0.25) is 14.5 Å². The summed E-state index contributed by atoms with van der Waals surface area (Å²) in [5.41, 5.74) is 1.14. The Bertz CT molecular complexity index is 1150. The van der Waals surface area contributed by atoms with Gasteiger partial charge in [-0.05, 0) is 57.4 Å². The molecular weight excluding hydrogens is 496 g/mol. The smallest absolute Gasteiger partial charge is 0.228 e. The first-order chi connectivity index (χ1) is 17.5. The van der Waals surface area contributed by atoms with Crippen LogP contribution in [-0.4, -0.2) is 70.8 Å². The summed E-state index contributed by atoms with van der Waals surface area (Å²) in [7, 11) is 0. The Morgan fingerprint density at radius 2 is 1.76 bits per heavy atom. The average Bonchev–Trinajstić information content (AvgIpc) is 3.29. The summed E-state index contributed by atoms with van der Waals surface area (Å²) in [4.78, 5) is 32.6. The molecule has 2 aromatic rings. The Morgan fingerprint density at radius 3 is 2.41 bits per heavy atom. The first-order valence-corrected chi connectivity index (χ1v) is 13.3. The van der Waals surface area contributed by atoms with E-state index in [1.807, 2.05) is 41.0 Å². The Labute approximate surface area is 223 Å². The monoisotopic (exact) mass is 531 g/mol. The van der Waals surface area contributed by atoms with E-state index in [0.29, 0.717) is 56.2 Å². The molecule has 2 fully saturated rings. The van der Waals surface area contributed by atoms with Crippen LogP contribution in [0.1, 0.15) is 51.2 Å². The third kappa shape index (κ3) is 6.15. The van der Waals surface area contributed by atoms with Gasteiger partial charge in [0.25, 0.3) is 0 Å². The number of hydrogen-bond donors (Lipinski definition) is 0. The van der Waals surface area contributed by atoms with Crippen molar-refractivity contribution < 1.29 is 18.4 Å². The van der Waals surface area contributed by atoms with Crippen LogP contribution >= 0.6 is 11.6 Å². The maximum absolute atomic E-state index is 14.8. The first-order valence-electron chi connectivity index (χ1n) is 13.0. The van der Waals surface area contributed by atoms with E-state index in [9.17, 15) is 18.4 Å². The molecule has 2 heterocycles. The van der Waals surface area contributed by atoms with Crippen molar-refractivity contribution in [2.24, 2.45) is 5.92 Å². The van der Waals surface area contributed by atoms with Crippen LogP contribution in [0.15, 0.2) is 42.5 Å². The third-order valence-electron chi connectivity index (χ3n) is 7.78. The van der Waals surface area contributed by atoms with Gasteiger partial charge in [-0.1, -0.05) is 35.9 Å². The number of halogens is 3. The van der Waals surface area contributed by atoms with Crippen molar-refractivity contribution in [3.63, 3.8) is 0 Å². The minimum absolute atomic E-state index is 0.0314. The number of aryl methyl sites for hydroxylation is 1. The van der Waals surface area contributed by atoms with Gasteiger partial charge in [0.1, 0.15) is 11.6 Å². The van der Waals surface area contributed by atoms with Gasteiger partial charge < -0.3 is 9.80 Å². The number of amides is 2. The fourth-order valence-electron chi connectivity index (χ4n) is 5.54. The lowest BCUT2D eigenvalue weighted by Gasteiger charge is -2.41. The Balaban J connectivity index is 1.44. The van der Waals surface area contributed by atoms with Gasteiger partial charge in [-0.2, -0.15) is 0 Å². The summed E-state index contributed by atoms with van der Waals surface area (Å²) in [6, 6.07) is 11.0. The summed E-state index contributed by atoms with van der Waals surface area (Å²) in [5, 5.41) is 0.659. The van der Waals surface area contributed by atoms with Gasteiger partial charge in [-0.25, -0.2) is 8.78 Å². The van der Waals surface area contributed by atoms with Crippen molar-refractivity contribution in [1.29, 1.82) is 0 Å². The Morgan fingerprint density at radius 1 is 1.03 bits per heavy atom. The molecule has 0 saturated carbocycles. The zero-order valence-electron chi connectivity index (χ0n) is 22.0. The molecule has 37 heavy (non-hydrogen) atoms. The van der Waals surface area contributed by atoms with Gasteiger partial charge in [0, 0.05) is 67.7 Å². The molecular formula is C29H36ClF2N3O2. The number of carbonyl (C=O) groups is 2. The quantitative estimate of drug-likeness (QED) is 0.537. The van der Waals surface area contributed by atoms with E-state index in [4.69, 9.17) is 11.6 Å². The zero-order valence-corrected chi connectivity index (χ0v) is 22.8. The molecule has 2 aliphatic heterocycles. The first kappa shape index (κ1) is 27.5. The van der Waals surface area contributed by atoms with Crippen molar-refractivity contribution in [2.75, 3.05) is 32.7 Å². The van der Waals surface area contributed by atoms with Crippen LogP contribution in [-0.2, 0) is 16.0 Å². The molecule has 200 valence electrons. The average molecular weight is 532 g/mol. The lowest BCUT2D eigenvalue weighted by Crippen LogP contribution is -2.57. The van der Waals surface area contributed by atoms with Crippen LogP contribution in [0.5, 0.6) is 0 Å². The lowest BCUT2D eigenvalue weighted by atomic mass is 9.87. The van der Waals surface area contributed by atoms with Gasteiger partial charge in [0.2, 0.25) is 11.8 Å². The van der Waals surface area contributed by atoms with E-state index in [1.54, 1.807) is 0 Å². The molecule has 0 bridgehead atoms. The second kappa shape index (κ2) is 11.1. The van der Waals surface area contributed by atoms with Crippen LogP contribution in [0.3, 0.4) is 0 Å². The SMILES string of the molecule is C[C@H]1CN(C(=O)CCc2ccccc2Cl)CCN1C(=O)[C@@H]1CN(C(C)(C)C)C[C@H]1c1ccc(F)cc1F. The van der Waals surface area contributed by atoms with Gasteiger partial charge in [-0.15, -0.1) is 0 Å². The summed E-state index contributed by atoms with van der Waals surface area (Å²) in [6.45, 7) is 10.6. The second-order valence-electron chi connectivity index (χ2n) is 11.3. The standard InChI is InChI=1S/C29H36ClF2N3O2/c1-19-16-33(27(36)12-9-20-7-5-6-8-25(20)30)13-14-35(19)28(37)24-18-34(29(2,3)4)17-23(24)22-11-10-21(31)15-26(22)32/h5-8,10-11,15,19,23-24H,9,12-14,16-18H2,1-4H3/t19-,23-,24+/m0/s1. The topological polar surface area (TPSA) is 43.9 Å². The van der Waals surface area contributed by atoms with Crippen molar-refractivity contribution in [3.05, 3.63) is 70.2 Å². The molecule has 0 radical (unpaired) electrons. The normalized spacial score (nSPS) is 22.9. The number of likely N-dealkylation sites (tertiary alicyclic amines) is 1. The minimum Gasteiger partial charge on any atom is -0.339 e. The molecule has 2 aromatic carbocycles. The summed E-state index contributed by atoms with van der Waals surface area (Å²) >= 11 is 6.23. The molecule has 4 rings (SSSR count). The number of piperazine rings is 1. The van der Waals surface area contributed by atoms with Gasteiger partial charge in [0.05, 0.1) is 5.92 Å². The number of hydrogen-bond acceptors (Lipinski definition) is 3. The molecule has 0 spiro atoms. The number of benzene rings is 2. The van der Waals surface area contributed by atoms with Gasteiger partial charge in [0.15, 0.2) is 0 Å². The number of rotatable bonds is 5. The molecule has 0 unspecified atom stereocenters. The molecule has 0 aromatic heterocycles. The molecule has 8 heteroatoms. The molecule has 3 atom stereocenters. The van der Waals surface area contributed by atoms with E-state index in [-0.39, 0.29) is 29.3 Å². The highest BCUT2D eigenvalue weighted by Gasteiger charge is 2.45. The fraction of sp³-hybridized carbons (Fsp3) is 0.517. The predicted molar refractivity (Wildman–Crippen MR) is 141 cm³/mol. The minimum atomic E-state index is -0.626. The Hall–Kier alpha value is -2.51. The number of nitrogens with zero attached hydrogens (tertiary/aromatic N) is 3. The van der Waals surface area contributed by atoms with E-state index < -0.39 is 17.6 Å². The van der Waals surface area contributed by atoms with Crippen LogP contribution in [0.4, 0.5) is 8.78 Å². The van der Waals surface area contributed by atoms with E-state index in [1.165, 1.54) is 12.1 Å². The number of carbonyl (C=O) groups excluding carboxylic acids is 2. The molecule has 5 nitrogen and oxygen atoms in total. The lowest BCUT2D eigenvalue weighted by molar-refractivity contribution is -0.145. The Kier molecular flexibility index (Phi) is 8.24. The highest BCUT2D eigenvalue weighted by Crippen LogP contribution is 2.39. The largest absolute Gasteiger partial charge is 0.339 e. The maximum atomic E-state index is 14.8. The highest BCUT2D eigenvalue weighted by atomic mass is 35.5. The van der Waals surface area contributed by atoms with Crippen LogP contribution in [0, 0.1) is 17.6 Å². The molecule has 2 amide bonds. The van der Waals surface area contributed by atoms with E-state index in [0.717, 1.165) is 11.6 Å². The highest BCUT2D eigenvalue weighted by molar-refractivity contribution is 6.31. The van der Waals surface area contributed by atoms with Crippen LogP contribution in [0.25, 0.3) is 0 Å². The summed E-state index contributed by atoms with van der Waals surface area (Å²) in [6.07, 6.45) is 0.932. The molecule has 2 aliphatic rings. The molecule has 2 saturated heterocycles. The van der Waals surface area contributed by atoms with Crippen LogP contribution < -0.4 is 0 Å². The maximum Gasteiger partial charge on any atom is 0.228 e. The molecule has 0 aliphatic carbocycles. The second-order valence-corrected chi connectivity index (χ2v) is 11.7. The van der Waals surface area contributed by atoms with Crippen molar-refractivity contribution in [2.45, 2.75) is 58.0 Å². The van der Waals surface area contributed by atoms with Crippen LogP contribution in [0.2, 0.25) is 5.02 Å². The van der Waals surface area contributed by atoms with Gasteiger partial charge >= 0.3 is 0 Å². The fourth-order valence-corrected chi connectivity index (χ4v) is 5.77. The van der Waals surface area contributed by atoms with Crippen molar-refractivity contribution in [1.82, 2.24) is 14.7 Å². The zero-order chi connectivity index (χ0) is 26.9. The van der Waals surface area contributed by atoms with Crippen molar-refractivity contribution >= 4 is 23.4 Å². The van der Waals surface area contributed by atoms with E-state index >= 15 is 0 Å². The van der Waals surface area contributed by atoms with E-state index in [2.05, 4.69) is 25.7 Å². The summed E-state index contributed by atoms with van der Waals surface area (Å²) in [5.74, 6) is -2.03. The molecule has 0 N–H and O–H groups in total. The predicted octanol–water partition coefficient (Wildman–Crippen LogP) is 5.12. The van der Waals surface area contributed by atoms with Crippen molar-refractivity contribution in [3.8, 4) is 0 Å². The summed E-state index contributed by atoms with van der Waals surface area (Å²) < 4.78 is 28.4.